The Balaban J connectivity index is 0.00000228. The summed E-state index contributed by atoms with van der Waals surface area (Å²) in [6, 6.07) is 22.9. The SMILES string of the molecule is C[Si]1(C)c2[c-]c(-c3cnccn3)cc3c2P(=O)(c2ccccc21)c1ccccc1[Si]3(C)C.[Ir]. The van der Waals surface area contributed by atoms with Crippen LogP contribution in [0.2, 0.25) is 26.2 Å². The molecule has 0 fully saturated rings. The first kappa shape index (κ1) is 22.8. The van der Waals surface area contributed by atoms with Gasteiger partial charge in [0.1, 0.15) is 7.14 Å². The molecule has 3 aromatic carbocycles. The summed E-state index contributed by atoms with van der Waals surface area (Å²) in [4.78, 5) is 8.88. The van der Waals surface area contributed by atoms with Gasteiger partial charge in [-0.2, -0.15) is 0 Å². The summed E-state index contributed by atoms with van der Waals surface area (Å²) >= 11 is 0. The van der Waals surface area contributed by atoms with Crippen LogP contribution in [0.5, 0.6) is 0 Å². The molecule has 4 aromatic rings. The molecule has 1 aromatic heterocycles. The molecule has 167 valence electrons. The molecular weight excluding hydrogens is 636 g/mol. The average molecular weight is 660 g/mol. The number of aromatic nitrogens is 2. The van der Waals surface area contributed by atoms with E-state index in [1.165, 1.54) is 20.7 Å². The predicted octanol–water partition coefficient (Wildman–Crippen LogP) is 1.85. The molecule has 6 rings (SSSR count). The summed E-state index contributed by atoms with van der Waals surface area (Å²) in [6.45, 7) is 9.52. The van der Waals surface area contributed by atoms with Crippen LogP contribution >= 0.6 is 7.14 Å². The Morgan fingerprint density at radius 1 is 0.818 bits per heavy atom. The third-order valence-electron chi connectivity index (χ3n) is 7.33. The van der Waals surface area contributed by atoms with Gasteiger partial charge in [-0.25, -0.2) is 0 Å². The summed E-state index contributed by atoms with van der Waals surface area (Å²) in [5, 5.41) is 8.21. The van der Waals surface area contributed by atoms with Gasteiger partial charge in [0.15, 0.2) is 0 Å². The van der Waals surface area contributed by atoms with Crippen LogP contribution in [-0.4, -0.2) is 26.1 Å². The van der Waals surface area contributed by atoms with E-state index in [9.17, 15) is 0 Å². The molecule has 33 heavy (non-hydrogen) atoms. The van der Waals surface area contributed by atoms with Gasteiger partial charge in [-0.15, -0.1) is 28.1 Å². The first-order chi connectivity index (χ1) is 15.3. The number of benzene rings is 3. The van der Waals surface area contributed by atoms with Crippen LogP contribution in [0.15, 0.2) is 73.2 Å². The third-order valence-corrected chi connectivity index (χ3v) is 18.3. The molecule has 1 radical (unpaired) electrons. The fraction of sp³-hybridized carbons (Fsp3) is 0.154. The molecule has 7 heteroatoms. The van der Waals surface area contributed by atoms with Crippen LogP contribution in [0.25, 0.3) is 11.3 Å². The topological polar surface area (TPSA) is 42.9 Å². The van der Waals surface area contributed by atoms with Gasteiger partial charge in [0, 0.05) is 55.0 Å². The molecular formula is C26H24IrN2OPSi2-. The maximum Gasteiger partial charge on any atom is 0.134 e. The molecule has 1 unspecified atom stereocenters. The second kappa shape index (κ2) is 7.53. The van der Waals surface area contributed by atoms with Crippen LogP contribution in [0, 0.1) is 6.07 Å². The van der Waals surface area contributed by atoms with Crippen molar-refractivity contribution in [3.63, 3.8) is 0 Å². The number of rotatable bonds is 1. The zero-order valence-electron chi connectivity index (χ0n) is 19.0. The van der Waals surface area contributed by atoms with Crippen LogP contribution in [0.1, 0.15) is 0 Å². The van der Waals surface area contributed by atoms with Crippen molar-refractivity contribution in [2.75, 3.05) is 0 Å². The van der Waals surface area contributed by atoms with Gasteiger partial charge in [-0.3, -0.25) is 4.98 Å². The number of hydrogen-bond donors (Lipinski definition) is 0. The summed E-state index contributed by atoms with van der Waals surface area (Å²) in [5.41, 5.74) is 1.80. The fourth-order valence-electron chi connectivity index (χ4n) is 5.61. The van der Waals surface area contributed by atoms with Gasteiger partial charge in [-0.05, 0) is 10.4 Å². The standard InChI is InChI=1S/C26H24N2OPSi2.Ir/c1-31(2)22-11-7-5-9-20(22)30(29)21-10-6-8-12-23(21)32(3,4)25-16-18(15-24(31)26(25)30)19-17-27-13-14-28-19;/h5-15,17H,1-4H3;/q-1;. The Morgan fingerprint density at radius 2 is 1.42 bits per heavy atom. The molecule has 3 nitrogen and oxygen atoms in total. The smallest absolute Gasteiger partial charge is 0.134 e. The Labute approximate surface area is 210 Å². The summed E-state index contributed by atoms with van der Waals surface area (Å²) < 4.78 is 15.4. The molecule has 2 aliphatic rings. The maximum absolute atomic E-state index is 15.4. The van der Waals surface area contributed by atoms with Crippen molar-refractivity contribution in [1.29, 1.82) is 0 Å². The van der Waals surface area contributed by atoms with E-state index >= 15 is 4.57 Å². The Morgan fingerprint density at radius 3 is 2.03 bits per heavy atom. The number of hydrogen-bond acceptors (Lipinski definition) is 3. The molecule has 2 aliphatic heterocycles. The summed E-state index contributed by atoms with van der Waals surface area (Å²) in [5.74, 6) is 0. The second-order valence-corrected chi connectivity index (χ2v) is 21.0. The van der Waals surface area contributed by atoms with E-state index < -0.39 is 23.3 Å². The van der Waals surface area contributed by atoms with E-state index in [0.29, 0.717) is 0 Å². The Hall–Kier alpha value is -1.95. The van der Waals surface area contributed by atoms with Gasteiger partial charge >= 0.3 is 0 Å². The van der Waals surface area contributed by atoms with E-state index in [2.05, 4.69) is 84.7 Å². The van der Waals surface area contributed by atoms with Crippen molar-refractivity contribution in [2.45, 2.75) is 26.2 Å². The molecule has 0 bridgehead atoms. The van der Waals surface area contributed by atoms with Crippen LogP contribution in [0.3, 0.4) is 0 Å². The van der Waals surface area contributed by atoms with Crippen LogP contribution in [0.4, 0.5) is 0 Å². The van der Waals surface area contributed by atoms with E-state index in [1.807, 2.05) is 12.1 Å². The third kappa shape index (κ3) is 2.92. The normalized spacial score (nSPS) is 20.6. The molecule has 0 saturated heterocycles. The van der Waals surface area contributed by atoms with E-state index in [0.717, 1.165) is 27.2 Å². The van der Waals surface area contributed by atoms with E-state index in [-0.39, 0.29) is 20.1 Å². The number of nitrogens with zero attached hydrogens (tertiary/aromatic N) is 2. The van der Waals surface area contributed by atoms with Crippen molar-refractivity contribution >= 4 is 60.0 Å². The first-order valence-corrected chi connectivity index (χ1v) is 18.7. The van der Waals surface area contributed by atoms with E-state index in [4.69, 9.17) is 0 Å². The zero-order valence-corrected chi connectivity index (χ0v) is 24.3. The molecule has 3 heterocycles. The van der Waals surface area contributed by atoms with Crippen molar-refractivity contribution in [3.8, 4) is 11.3 Å². The monoisotopic (exact) mass is 660 g/mol. The van der Waals surface area contributed by atoms with Crippen molar-refractivity contribution in [3.05, 3.63) is 79.3 Å². The van der Waals surface area contributed by atoms with Gasteiger partial charge in [-0.1, -0.05) is 80.0 Å². The second-order valence-electron chi connectivity index (χ2n) is 9.80. The van der Waals surface area contributed by atoms with Gasteiger partial charge in [0.25, 0.3) is 0 Å². The Bertz CT molecular complexity index is 1390. The maximum atomic E-state index is 15.4. The van der Waals surface area contributed by atoms with Gasteiger partial charge in [0.2, 0.25) is 0 Å². The number of fused-ring (bicyclic) bond motifs is 4. The minimum Gasteiger partial charge on any atom is -0.319 e. The van der Waals surface area contributed by atoms with Crippen molar-refractivity contribution in [1.82, 2.24) is 9.97 Å². The van der Waals surface area contributed by atoms with Gasteiger partial charge < -0.3 is 9.55 Å². The largest absolute Gasteiger partial charge is 0.319 e. The van der Waals surface area contributed by atoms with E-state index in [1.54, 1.807) is 18.6 Å². The molecule has 0 spiro atoms. The zero-order chi connectivity index (χ0) is 22.3. The molecule has 1 atom stereocenters. The molecule has 0 amide bonds. The van der Waals surface area contributed by atoms with Crippen LogP contribution in [-0.2, 0) is 24.7 Å². The van der Waals surface area contributed by atoms with Gasteiger partial charge in [0.05, 0.1) is 16.1 Å². The first-order valence-electron chi connectivity index (χ1n) is 11.0. The Kier molecular flexibility index (Phi) is 5.21. The predicted molar refractivity (Wildman–Crippen MR) is 139 cm³/mol. The molecule has 0 saturated carbocycles. The van der Waals surface area contributed by atoms with Crippen molar-refractivity contribution in [2.24, 2.45) is 0 Å². The quantitative estimate of drug-likeness (QED) is 0.178. The van der Waals surface area contributed by atoms with Crippen molar-refractivity contribution < 1.29 is 24.7 Å². The van der Waals surface area contributed by atoms with Crippen LogP contribution < -0.4 is 36.7 Å². The summed E-state index contributed by atoms with van der Waals surface area (Å²) in [7, 11) is -7.22. The molecule has 0 aliphatic carbocycles. The minimum atomic E-state index is -2.98. The average Bonchev–Trinajstić information content (AvgIpc) is 2.82. The fourth-order valence-corrected chi connectivity index (χ4v) is 19.3. The minimum absolute atomic E-state index is 0. The molecule has 0 N–H and O–H groups in total. The summed E-state index contributed by atoms with van der Waals surface area (Å²) in [6.07, 6.45) is 5.24.